The molecule has 1 aromatic heterocycles. The quantitative estimate of drug-likeness (QED) is 0.754. The Morgan fingerprint density at radius 2 is 2.00 bits per heavy atom. The highest BCUT2D eigenvalue weighted by molar-refractivity contribution is 9.10. The molecule has 2 aromatic carbocycles. The molecule has 21 heavy (non-hydrogen) atoms. The van der Waals surface area contributed by atoms with Gasteiger partial charge in [-0.25, -0.2) is 0 Å². The zero-order valence-corrected chi connectivity index (χ0v) is 13.3. The second-order valence-corrected chi connectivity index (χ2v) is 5.82. The molecular formula is C17H16BrNO2. The maximum absolute atomic E-state index is 5.95. The highest BCUT2D eigenvalue weighted by atomic mass is 79.9. The van der Waals surface area contributed by atoms with E-state index in [9.17, 15) is 0 Å². The fourth-order valence-electron chi connectivity index (χ4n) is 2.40. The fraction of sp³-hybridized carbons (Fsp3) is 0.176. The van der Waals surface area contributed by atoms with Crippen LogP contribution in [0.15, 0.2) is 51.4 Å². The standard InChI is InChI=1S/C17H16BrNO2/c1-11-8-12(18)6-7-15(11)20-10-14-13-4-2-3-5-16(13)21-17(14)9-19/h2-8H,9-10,19H2,1H3. The summed E-state index contributed by atoms with van der Waals surface area (Å²) in [4.78, 5) is 0. The first-order valence-electron chi connectivity index (χ1n) is 6.77. The molecule has 2 N–H and O–H groups in total. The van der Waals surface area contributed by atoms with E-state index in [4.69, 9.17) is 14.9 Å². The van der Waals surface area contributed by atoms with Crippen molar-refractivity contribution in [1.82, 2.24) is 0 Å². The van der Waals surface area contributed by atoms with E-state index in [-0.39, 0.29) is 0 Å². The third kappa shape index (κ3) is 2.82. The first kappa shape index (κ1) is 14.2. The third-order valence-electron chi connectivity index (χ3n) is 3.48. The molecule has 3 rings (SSSR count). The molecule has 3 nitrogen and oxygen atoms in total. The lowest BCUT2D eigenvalue weighted by Gasteiger charge is -2.09. The number of benzene rings is 2. The van der Waals surface area contributed by atoms with Crippen LogP contribution in [0, 0.1) is 6.92 Å². The number of aryl methyl sites for hydroxylation is 1. The van der Waals surface area contributed by atoms with E-state index in [0.29, 0.717) is 13.2 Å². The summed E-state index contributed by atoms with van der Waals surface area (Å²) in [5.74, 6) is 1.65. The Bertz CT molecular complexity index is 780. The molecule has 108 valence electrons. The van der Waals surface area contributed by atoms with E-state index in [1.54, 1.807) is 0 Å². The lowest BCUT2D eigenvalue weighted by Crippen LogP contribution is -2.03. The van der Waals surface area contributed by atoms with Crippen molar-refractivity contribution in [3.05, 3.63) is 63.8 Å². The van der Waals surface area contributed by atoms with Crippen LogP contribution < -0.4 is 10.5 Å². The van der Waals surface area contributed by atoms with Gasteiger partial charge in [0.05, 0.1) is 6.54 Å². The van der Waals surface area contributed by atoms with Crippen molar-refractivity contribution >= 4 is 26.9 Å². The molecular weight excluding hydrogens is 330 g/mol. The average molecular weight is 346 g/mol. The Hall–Kier alpha value is -1.78. The Morgan fingerprint density at radius 3 is 2.76 bits per heavy atom. The number of furan rings is 1. The van der Waals surface area contributed by atoms with E-state index >= 15 is 0 Å². The molecule has 0 fully saturated rings. The maximum Gasteiger partial charge on any atom is 0.134 e. The molecule has 0 bridgehead atoms. The van der Waals surface area contributed by atoms with Gasteiger partial charge < -0.3 is 14.9 Å². The van der Waals surface area contributed by atoms with Gasteiger partial charge in [0, 0.05) is 15.4 Å². The van der Waals surface area contributed by atoms with Crippen molar-refractivity contribution < 1.29 is 9.15 Å². The first-order chi connectivity index (χ1) is 10.2. The molecule has 0 saturated heterocycles. The molecule has 0 aliphatic rings. The van der Waals surface area contributed by atoms with Gasteiger partial charge in [-0.1, -0.05) is 34.1 Å². The molecule has 3 aromatic rings. The molecule has 4 heteroatoms. The van der Waals surface area contributed by atoms with Crippen molar-refractivity contribution in [2.75, 3.05) is 0 Å². The predicted octanol–water partition coefficient (Wildman–Crippen LogP) is 4.54. The fourth-order valence-corrected chi connectivity index (χ4v) is 2.87. The second-order valence-electron chi connectivity index (χ2n) is 4.90. The van der Waals surface area contributed by atoms with Gasteiger partial charge in [0.2, 0.25) is 0 Å². The minimum Gasteiger partial charge on any atom is -0.488 e. The lowest BCUT2D eigenvalue weighted by atomic mass is 10.1. The van der Waals surface area contributed by atoms with E-state index in [0.717, 1.165) is 38.1 Å². The summed E-state index contributed by atoms with van der Waals surface area (Å²) in [6, 6.07) is 13.9. The van der Waals surface area contributed by atoms with Crippen molar-refractivity contribution in [2.24, 2.45) is 5.73 Å². The van der Waals surface area contributed by atoms with Crippen LogP contribution in [-0.4, -0.2) is 0 Å². The van der Waals surface area contributed by atoms with Crippen molar-refractivity contribution in [3.8, 4) is 5.75 Å². The number of para-hydroxylation sites is 1. The zero-order chi connectivity index (χ0) is 14.8. The second kappa shape index (κ2) is 5.92. The van der Waals surface area contributed by atoms with Crippen molar-refractivity contribution in [1.29, 1.82) is 0 Å². The lowest BCUT2D eigenvalue weighted by molar-refractivity contribution is 0.301. The van der Waals surface area contributed by atoms with Crippen molar-refractivity contribution in [2.45, 2.75) is 20.1 Å². The molecule has 0 atom stereocenters. The Kier molecular flexibility index (Phi) is 3.99. The van der Waals surface area contributed by atoms with E-state index in [1.807, 2.05) is 49.4 Å². The van der Waals surface area contributed by atoms with Gasteiger partial charge >= 0.3 is 0 Å². The summed E-state index contributed by atoms with van der Waals surface area (Å²) in [6.45, 7) is 2.84. The van der Waals surface area contributed by atoms with Gasteiger partial charge in [-0.2, -0.15) is 0 Å². The molecule has 0 aliphatic heterocycles. The summed E-state index contributed by atoms with van der Waals surface area (Å²) in [6.07, 6.45) is 0. The number of nitrogens with two attached hydrogens (primary N) is 1. The normalized spacial score (nSPS) is 11.0. The van der Waals surface area contributed by atoms with Crippen molar-refractivity contribution in [3.63, 3.8) is 0 Å². The van der Waals surface area contributed by atoms with Crippen LogP contribution in [-0.2, 0) is 13.2 Å². The molecule has 0 saturated carbocycles. The van der Waals surface area contributed by atoms with Crippen LogP contribution in [0.4, 0.5) is 0 Å². The topological polar surface area (TPSA) is 48.4 Å². The van der Waals surface area contributed by atoms with E-state index < -0.39 is 0 Å². The number of hydrogen-bond acceptors (Lipinski definition) is 3. The van der Waals surface area contributed by atoms with Crippen LogP contribution >= 0.6 is 15.9 Å². The van der Waals surface area contributed by atoms with Crippen LogP contribution in [0.1, 0.15) is 16.9 Å². The number of halogens is 1. The molecule has 0 unspecified atom stereocenters. The van der Waals surface area contributed by atoms with Crippen LogP contribution in [0.2, 0.25) is 0 Å². The highest BCUT2D eigenvalue weighted by Gasteiger charge is 2.13. The largest absolute Gasteiger partial charge is 0.488 e. The van der Waals surface area contributed by atoms with Gasteiger partial charge in [-0.05, 0) is 36.8 Å². The third-order valence-corrected chi connectivity index (χ3v) is 3.97. The van der Waals surface area contributed by atoms with Gasteiger partial charge in [0.1, 0.15) is 23.7 Å². The van der Waals surface area contributed by atoms with Gasteiger partial charge in [0.15, 0.2) is 0 Å². The maximum atomic E-state index is 5.95. The minimum atomic E-state index is 0.368. The first-order valence-corrected chi connectivity index (χ1v) is 7.56. The summed E-state index contributed by atoms with van der Waals surface area (Å²) >= 11 is 3.45. The zero-order valence-electron chi connectivity index (χ0n) is 11.7. The predicted molar refractivity (Wildman–Crippen MR) is 87.3 cm³/mol. The average Bonchev–Trinajstić information content (AvgIpc) is 2.84. The summed E-state index contributed by atoms with van der Waals surface area (Å²) in [7, 11) is 0. The highest BCUT2D eigenvalue weighted by Crippen LogP contribution is 2.28. The molecule has 0 amide bonds. The number of fused-ring (bicyclic) bond motifs is 1. The van der Waals surface area contributed by atoms with Gasteiger partial charge in [0.25, 0.3) is 0 Å². The van der Waals surface area contributed by atoms with E-state index in [2.05, 4.69) is 15.9 Å². The molecule has 0 radical (unpaired) electrons. The minimum absolute atomic E-state index is 0.368. The smallest absolute Gasteiger partial charge is 0.134 e. The van der Waals surface area contributed by atoms with Gasteiger partial charge in [-0.3, -0.25) is 0 Å². The summed E-state index contributed by atoms with van der Waals surface area (Å²) in [5.41, 5.74) is 8.74. The SMILES string of the molecule is Cc1cc(Br)ccc1OCc1c(CN)oc2ccccc12. The summed E-state index contributed by atoms with van der Waals surface area (Å²) in [5, 5.41) is 1.06. The molecule has 0 aliphatic carbocycles. The Labute approximate surface area is 131 Å². The number of ether oxygens (including phenoxy) is 1. The van der Waals surface area contributed by atoms with E-state index in [1.165, 1.54) is 0 Å². The Morgan fingerprint density at radius 1 is 1.19 bits per heavy atom. The van der Waals surface area contributed by atoms with Gasteiger partial charge in [-0.15, -0.1) is 0 Å². The van der Waals surface area contributed by atoms with Crippen LogP contribution in [0.3, 0.4) is 0 Å². The summed E-state index contributed by atoms with van der Waals surface area (Å²) < 4.78 is 12.8. The van der Waals surface area contributed by atoms with Crippen LogP contribution in [0.5, 0.6) is 5.75 Å². The number of rotatable bonds is 4. The molecule has 1 heterocycles. The monoisotopic (exact) mass is 345 g/mol. The Balaban J connectivity index is 1.91. The number of hydrogen-bond donors (Lipinski definition) is 1. The molecule has 0 spiro atoms. The van der Waals surface area contributed by atoms with Crippen LogP contribution in [0.25, 0.3) is 11.0 Å².